The zero-order valence-corrected chi connectivity index (χ0v) is 8.47. The number of nitrogens with two attached hydrogens (primary N) is 2. The minimum Gasteiger partial charge on any atom is -0.369 e. The predicted molar refractivity (Wildman–Crippen MR) is 57.0 cm³/mol. The zero-order chi connectivity index (χ0) is 9.84. The number of nitrogens with one attached hydrogen (secondary N) is 1. The topological polar surface area (TPSA) is 91.5 Å². The van der Waals surface area contributed by atoms with E-state index in [1.165, 1.54) is 0 Å². The summed E-state index contributed by atoms with van der Waals surface area (Å²) in [5.74, 6) is 2.23. The van der Waals surface area contributed by atoms with Gasteiger partial charge in [-0.25, -0.2) is 0 Å². The first-order valence-corrected chi connectivity index (χ1v) is 5.29. The Morgan fingerprint density at radius 3 is 2.85 bits per heavy atom. The molecule has 1 saturated heterocycles. The maximum Gasteiger partial charge on any atom is 0.215 e. The molecule has 1 rings (SSSR count). The van der Waals surface area contributed by atoms with Gasteiger partial charge in [0.1, 0.15) is 0 Å². The van der Waals surface area contributed by atoms with Gasteiger partial charge in [0.05, 0.1) is 0 Å². The van der Waals surface area contributed by atoms with Crippen LogP contribution in [0.25, 0.3) is 0 Å². The third-order valence-electron chi connectivity index (χ3n) is 1.90. The van der Waals surface area contributed by atoms with Crippen molar-refractivity contribution in [3.8, 4) is 0 Å². The van der Waals surface area contributed by atoms with E-state index in [0.717, 1.165) is 18.1 Å². The standard InChI is InChI=1S/C7H15N5S/c1-5-4-13-3-2-12(5)7(10)11-6(8)9/h5H,2-4H2,1H3,(H5,8,9,10,11). The van der Waals surface area contributed by atoms with Gasteiger partial charge in [0.2, 0.25) is 5.96 Å². The van der Waals surface area contributed by atoms with Crippen LogP contribution in [0.3, 0.4) is 0 Å². The van der Waals surface area contributed by atoms with Gasteiger partial charge in [-0.2, -0.15) is 16.8 Å². The highest BCUT2D eigenvalue weighted by molar-refractivity contribution is 7.99. The molecule has 0 aromatic carbocycles. The fourth-order valence-corrected chi connectivity index (χ4v) is 2.27. The monoisotopic (exact) mass is 201 g/mol. The summed E-state index contributed by atoms with van der Waals surface area (Å²) in [5.41, 5.74) is 10.8. The van der Waals surface area contributed by atoms with E-state index >= 15 is 0 Å². The van der Waals surface area contributed by atoms with Crippen molar-refractivity contribution in [2.24, 2.45) is 16.5 Å². The van der Waals surface area contributed by atoms with Crippen molar-refractivity contribution in [2.75, 3.05) is 18.1 Å². The molecular formula is C7H15N5S. The zero-order valence-electron chi connectivity index (χ0n) is 7.66. The Morgan fingerprint density at radius 1 is 1.62 bits per heavy atom. The molecule has 1 aliphatic heterocycles. The smallest absolute Gasteiger partial charge is 0.215 e. The summed E-state index contributed by atoms with van der Waals surface area (Å²) in [6.45, 7) is 2.98. The Labute approximate surface area is 82.1 Å². The molecule has 0 aromatic rings. The maximum atomic E-state index is 6.99. The van der Waals surface area contributed by atoms with E-state index in [9.17, 15) is 0 Å². The van der Waals surface area contributed by atoms with Crippen molar-refractivity contribution in [3.63, 3.8) is 0 Å². The highest BCUT2D eigenvalue weighted by atomic mass is 32.2. The Hall–Kier alpha value is -0.910. The van der Waals surface area contributed by atoms with Crippen LogP contribution in [0.15, 0.2) is 4.99 Å². The fraction of sp³-hybridized carbons (Fsp3) is 0.714. The molecule has 5 N–H and O–H groups in total. The van der Waals surface area contributed by atoms with E-state index in [2.05, 4.69) is 11.9 Å². The second kappa shape index (κ2) is 4.36. The van der Waals surface area contributed by atoms with Gasteiger partial charge in [-0.1, -0.05) is 0 Å². The van der Waals surface area contributed by atoms with E-state index in [-0.39, 0.29) is 5.96 Å². The molecule has 0 saturated carbocycles. The number of hydrogen-bond donors (Lipinski definition) is 3. The van der Waals surface area contributed by atoms with Crippen molar-refractivity contribution < 1.29 is 0 Å². The molecule has 1 atom stereocenters. The van der Waals surface area contributed by atoms with Crippen molar-refractivity contribution in [1.29, 1.82) is 5.41 Å². The van der Waals surface area contributed by atoms with Crippen LogP contribution < -0.4 is 11.5 Å². The molecule has 74 valence electrons. The molecule has 0 radical (unpaired) electrons. The van der Waals surface area contributed by atoms with Crippen molar-refractivity contribution >= 4 is 23.7 Å². The van der Waals surface area contributed by atoms with E-state index in [0.29, 0.717) is 12.0 Å². The molecule has 5 nitrogen and oxygen atoms in total. The van der Waals surface area contributed by atoms with Crippen molar-refractivity contribution in [3.05, 3.63) is 0 Å². The van der Waals surface area contributed by atoms with Gasteiger partial charge >= 0.3 is 0 Å². The lowest BCUT2D eigenvalue weighted by Gasteiger charge is -2.33. The summed E-state index contributed by atoms with van der Waals surface area (Å²) >= 11 is 1.91. The second-order valence-corrected chi connectivity index (χ2v) is 4.12. The predicted octanol–water partition coefficient (Wildman–Crippen LogP) is -0.368. The number of aliphatic imine (C=N–C) groups is 1. The Balaban J connectivity index is 2.63. The molecular weight excluding hydrogens is 186 g/mol. The minimum absolute atomic E-state index is 0.233. The summed E-state index contributed by atoms with van der Waals surface area (Å²) < 4.78 is 0. The molecule has 0 spiro atoms. The number of thioether (sulfide) groups is 1. The molecule has 0 bridgehead atoms. The SMILES string of the molecule is CC1CSCCN1/C(N)=N/C(=N)N. The van der Waals surface area contributed by atoms with Crippen LogP contribution in [0.1, 0.15) is 6.92 Å². The highest BCUT2D eigenvalue weighted by Gasteiger charge is 2.20. The van der Waals surface area contributed by atoms with Crippen LogP contribution in [0.5, 0.6) is 0 Å². The quantitative estimate of drug-likeness (QED) is 0.368. The molecule has 1 unspecified atom stereocenters. The summed E-state index contributed by atoms with van der Waals surface area (Å²) in [5, 5.41) is 6.99. The average Bonchev–Trinajstić information content (AvgIpc) is 2.03. The number of hydrogen-bond acceptors (Lipinski definition) is 2. The lowest BCUT2D eigenvalue weighted by atomic mass is 10.3. The van der Waals surface area contributed by atoms with E-state index in [1.54, 1.807) is 0 Å². The first-order chi connectivity index (χ1) is 6.11. The van der Waals surface area contributed by atoms with Crippen LogP contribution in [0, 0.1) is 5.41 Å². The maximum absolute atomic E-state index is 6.99. The first-order valence-electron chi connectivity index (χ1n) is 4.14. The Morgan fingerprint density at radius 2 is 2.31 bits per heavy atom. The van der Waals surface area contributed by atoms with Crippen molar-refractivity contribution in [1.82, 2.24) is 4.90 Å². The molecule has 13 heavy (non-hydrogen) atoms. The van der Waals surface area contributed by atoms with E-state index < -0.39 is 0 Å². The second-order valence-electron chi connectivity index (χ2n) is 2.97. The van der Waals surface area contributed by atoms with Crippen LogP contribution in [-0.4, -0.2) is 40.9 Å². The van der Waals surface area contributed by atoms with Gasteiger partial charge < -0.3 is 16.4 Å². The Bertz CT molecular complexity index is 227. The summed E-state index contributed by atoms with van der Waals surface area (Å²) in [6.07, 6.45) is 0. The molecule has 1 heterocycles. The largest absolute Gasteiger partial charge is 0.369 e. The fourth-order valence-electron chi connectivity index (χ4n) is 1.26. The molecule has 6 heteroatoms. The van der Waals surface area contributed by atoms with E-state index in [1.807, 2.05) is 16.7 Å². The highest BCUT2D eigenvalue weighted by Crippen LogP contribution is 2.15. The number of guanidine groups is 2. The summed E-state index contributed by atoms with van der Waals surface area (Å²) in [4.78, 5) is 5.71. The molecule has 0 aromatic heterocycles. The Kier molecular flexibility index (Phi) is 3.41. The van der Waals surface area contributed by atoms with Crippen LogP contribution >= 0.6 is 11.8 Å². The van der Waals surface area contributed by atoms with Crippen LogP contribution in [-0.2, 0) is 0 Å². The summed E-state index contributed by atoms with van der Waals surface area (Å²) in [7, 11) is 0. The lowest BCUT2D eigenvalue weighted by molar-refractivity contribution is 0.361. The lowest BCUT2D eigenvalue weighted by Crippen LogP contribution is -2.48. The van der Waals surface area contributed by atoms with Gasteiger partial charge in [0.25, 0.3) is 0 Å². The molecule has 0 aliphatic carbocycles. The molecule has 1 fully saturated rings. The van der Waals surface area contributed by atoms with Gasteiger partial charge in [0.15, 0.2) is 5.96 Å². The third-order valence-corrected chi connectivity index (χ3v) is 3.09. The van der Waals surface area contributed by atoms with Gasteiger partial charge in [-0.05, 0) is 6.92 Å². The van der Waals surface area contributed by atoms with Gasteiger partial charge in [0, 0.05) is 24.1 Å². The van der Waals surface area contributed by atoms with E-state index in [4.69, 9.17) is 16.9 Å². The first kappa shape index (κ1) is 10.2. The summed E-state index contributed by atoms with van der Waals surface area (Å²) in [6, 6.07) is 0.377. The third kappa shape index (κ3) is 2.80. The van der Waals surface area contributed by atoms with Gasteiger partial charge in [-0.3, -0.25) is 5.41 Å². The normalized spacial score (nSPS) is 24.5. The van der Waals surface area contributed by atoms with Gasteiger partial charge in [-0.15, -0.1) is 0 Å². The minimum atomic E-state index is -0.233. The van der Waals surface area contributed by atoms with Crippen LogP contribution in [0.4, 0.5) is 0 Å². The molecule has 0 amide bonds. The average molecular weight is 201 g/mol. The number of nitrogens with zero attached hydrogens (tertiary/aromatic N) is 2. The van der Waals surface area contributed by atoms with Crippen molar-refractivity contribution in [2.45, 2.75) is 13.0 Å². The molecule has 1 aliphatic rings. The number of rotatable bonds is 0. The van der Waals surface area contributed by atoms with Crippen LogP contribution in [0.2, 0.25) is 0 Å².